The monoisotopic (exact) mass is 156 g/mol. The van der Waals surface area contributed by atoms with E-state index < -0.39 is 6.09 Å². The van der Waals surface area contributed by atoms with E-state index in [0.29, 0.717) is 5.69 Å². The zero-order valence-corrected chi connectivity index (χ0v) is 6.02. The largest absolute Gasteiger partial charge is 0.452 e. The maximum Gasteiger partial charge on any atom is 0.418 e. The Bertz CT molecular complexity index is 256. The third kappa shape index (κ3) is 1.56. The van der Waals surface area contributed by atoms with Crippen molar-refractivity contribution in [1.29, 1.82) is 0 Å². The number of imidazole rings is 1. The second-order valence-corrected chi connectivity index (χ2v) is 1.90. The van der Waals surface area contributed by atoms with Gasteiger partial charge in [-0.1, -0.05) is 0 Å². The maximum atomic E-state index is 10.8. The van der Waals surface area contributed by atoms with E-state index in [1.54, 1.807) is 0 Å². The van der Waals surface area contributed by atoms with Gasteiger partial charge in [0.2, 0.25) is 0 Å². The third-order valence-electron chi connectivity index (χ3n) is 1.18. The van der Waals surface area contributed by atoms with Gasteiger partial charge in [0.25, 0.3) is 0 Å². The second kappa shape index (κ2) is 3.16. The Morgan fingerprint density at radius 2 is 2.64 bits per heavy atom. The zero-order valence-electron chi connectivity index (χ0n) is 6.02. The summed E-state index contributed by atoms with van der Waals surface area (Å²) < 4.78 is 5.55. The van der Waals surface area contributed by atoms with Gasteiger partial charge in [-0.3, -0.25) is 0 Å². The van der Waals surface area contributed by atoms with Crippen LogP contribution in [0.2, 0.25) is 0 Å². The first kappa shape index (κ1) is 7.74. The molecule has 1 heterocycles. The fraction of sp³-hybridized carbons (Fsp3) is 0.333. The topological polar surface area (TPSA) is 64.4 Å². The highest BCUT2D eigenvalue weighted by Gasteiger charge is 2.03. The molecule has 5 heteroatoms. The molecule has 1 aromatic rings. The van der Waals surface area contributed by atoms with Gasteiger partial charge >= 0.3 is 6.09 Å². The van der Waals surface area contributed by atoms with Gasteiger partial charge in [-0.15, -0.1) is 0 Å². The lowest BCUT2D eigenvalue weighted by molar-refractivity contribution is 0.172. The number of hydrogen-bond donors (Lipinski definition) is 1. The van der Waals surface area contributed by atoms with Gasteiger partial charge in [-0.25, -0.2) is 14.3 Å². The molecular weight excluding hydrogens is 148 g/mol. The minimum Gasteiger partial charge on any atom is -0.452 e. The SMILES string of the molecule is COC(=O)n1cnc(CO)c1. The molecule has 0 atom stereocenters. The van der Waals surface area contributed by atoms with E-state index >= 15 is 0 Å². The summed E-state index contributed by atoms with van der Waals surface area (Å²) in [6, 6.07) is 0. The van der Waals surface area contributed by atoms with Crippen molar-refractivity contribution in [2.24, 2.45) is 0 Å². The molecule has 60 valence electrons. The lowest BCUT2D eigenvalue weighted by atomic mass is 10.5. The van der Waals surface area contributed by atoms with E-state index in [1.807, 2.05) is 0 Å². The van der Waals surface area contributed by atoms with Crippen molar-refractivity contribution in [3.05, 3.63) is 18.2 Å². The van der Waals surface area contributed by atoms with Crippen LogP contribution < -0.4 is 0 Å². The molecule has 11 heavy (non-hydrogen) atoms. The summed E-state index contributed by atoms with van der Waals surface area (Å²) in [5, 5.41) is 8.58. The highest BCUT2D eigenvalue weighted by atomic mass is 16.5. The quantitative estimate of drug-likeness (QED) is 0.621. The zero-order chi connectivity index (χ0) is 8.27. The van der Waals surface area contributed by atoms with Crippen LogP contribution in [-0.2, 0) is 11.3 Å². The number of rotatable bonds is 1. The number of nitrogens with zero attached hydrogens (tertiary/aromatic N) is 2. The summed E-state index contributed by atoms with van der Waals surface area (Å²) in [7, 11) is 1.28. The number of aromatic nitrogens is 2. The van der Waals surface area contributed by atoms with Crippen molar-refractivity contribution in [2.45, 2.75) is 6.61 Å². The number of aliphatic hydroxyl groups excluding tert-OH is 1. The Kier molecular flexibility index (Phi) is 2.22. The molecule has 1 aromatic heterocycles. The van der Waals surface area contributed by atoms with E-state index in [-0.39, 0.29) is 6.61 Å². The molecular formula is C6H8N2O3. The molecule has 0 saturated heterocycles. The minimum absolute atomic E-state index is 0.177. The average Bonchev–Trinajstić information content (AvgIpc) is 2.50. The lowest BCUT2D eigenvalue weighted by Crippen LogP contribution is -2.08. The molecule has 1 N–H and O–H groups in total. The van der Waals surface area contributed by atoms with Crippen LogP contribution in [0.15, 0.2) is 12.5 Å². The number of carbonyl (C=O) groups excluding carboxylic acids is 1. The van der Waals surface area contributed by atoms with Crippen molar-refractivity contribution < 1.29 is 14.6 Å². The molecule has 0 radical (unpaired) electrons. The van der Waals surface area contributed by atoms with Gasteiger partial charge in [-0.05, 0) is 0 Å². The Labute approximate surface area is 63.2 Å². The molecule has 0 aliphatic rings. The molecule has 0 saturated carbocycles. The molecule has 0 bridgehead atoms. The van der Waals surface area contributed by atoms with Gasteiger partial charge in [-0.2, -0.15) is 0 Å². The Morgan fingerprint density at radius 1 is 1.91 bits per heavy atom. The van der Waals surface area contributed by atoms with E-state index in [4.69, 9.17) is 5.11 Å². The molecule has 0 aromatic carbocycles. The first-order chi connectivity index (χ1) is 5.27. The number of aliphatic hydroxyl groups is 1. The van der Waals surface area contributed by atoms with Crippen molar-refractivity contribution in [2.75, 3.05) is 7.11 Å². The standard InChI is InChI=1S/C6H8N2O3/c1-11-6(10)8-2-5(3-9)7-4-8/h2,4,9H,3H2,1H3. The third-order valence-corrected chi connectivity index (χ3v) is 1.18. The number of ether oxygens (including phenoxy) is 1. The van der Waals surface area contributed by atoms with E-state index in [2.05, 4.69) is 9.72 Å². The predicted molar refractivity (Wildman–Crippen MR) is 36.0 cm³/mol. The van der Waals surface area contributed by atoms with Crippen molar-refractivity contribution >= 4 is 6.09 Å². The fourth-order valence-electron chi connectivity index (χ4n) is 0.650. The molecule has 0 aliphatic carbocycles. The fourth-order valence-corrected chi connectivity index (χ4v) is 0.650. The molecule has 0 spiro atoms. The summed E-state index contributed by atoms with van der Waals surface area (Å²) in [6.45, 7) is -0.177. The van der Waals surface area contributed by atoms with E-state index in [9.17, 15) is 4.79 Å². The lowest BCUT2D eigenvalue weighted by Gasteiger charge is -1.95. The van der Waals surface area contributed by atoms with E-state index in [1.165, 1.54) is 19.6 Å². The van der Waals surface area contributed by atoms with Crippen LogP contribution in [-0.4, -0.2) is 27.9 Å². The number of hydrogen-bond acceptors (Lipinski definition) is 4. The summed E-state index contributed by atoms with van der Waals surface area (Å²) in [6.07, 6.45) is 2.18. The van der Waals surface area contributed by atoms with Crippen LogP contribution in [0.3, 0.4) is 0 Å². The van der Waals surface area contributed by atoms with Crippen LogP contribution in [0.25, 0.3) is 0 Å². The van der Waals surface area contributed by atoms with Gasteiger partial charge in [0, 0.05) is 6.20 Å². The van der Waals surface area contributed by atoms with Gasteiger partial charge in [0.05, 0.1) is 19.4 Å². The minimum atomic E-state index is -0.516. The number of carbonyl (C=O) groups is 1. The van der Waals surface area contributed by atoms with Crippen LogP contribution in [0.4, 0.5) is 4.79 Å². The van der Waals surface area contributed by atoms with Gasteiger partial charge in [0.1, 0.15) is 6.33 Å². The summed E-state index contributed by atoms with van der Waals surface area (Å²) in [4.78, 5) is 14.5. The average molecular weight is 156 g/mol. The van der Waals surface area contributed by atoms with Crippen LogP contribution >= 0.6 is 0 Å². The van der Waals surface area contributed by atoms with Crippen LogP contribution in [0.1, 0.15) is 5.69 Å². The first-order valence-electron chi connectivity index (χ1n) is 3.00. The van der Waals surface area contributed by atoms with Gasteiger partial charge in [0.15, 0.2) is 0 Å². The molecule has 0 aliphatic heterocycles. The first-order valence-corrected chi connectivity index (χ1v) is 3.00. The second-order valence-electron chi connectivity index (χ2n) is 1.90. The summed E-state index contributed by atoms with van der Waals surface area (Å²) in [5.74, 6) is 0. The van der Waals surface area contributed by atoms with Crippen LogP contribution in [0, 0.1) is 0 Å². The number of methoxy groups -OCH3 is 1. The van der Waals surface area contributed by atoms with E-state index in [0.717, 1.165) is 4.57 Å². The normalized spacial score (nSPS) is 9.64. The summed E-state index contributed by atoms with van der Waals surface area (Å²) >= 11 is 0. The Hall–Kier alpha value is -1.36. The van der Waals surface area contributed by atoms with Crippen molar-refractivity contribution in [1.82, 2.24) is 9.55 Å². The Balaban J connectivity index is 2.80. The highest BCUT2D eigenvalue weighted by molar-refractivity contribution is 5.69. The smallest absolute Gasteiger partial charge is 0.418 e. The highest BCUT2D eigenvalue weighted by Crippen LogP contribution is 1.95. The molecule has 0 unspecified atom stereocenters. The van der Waals surface area contributed by atoms with Crippen molar-refractivity contribution in [3.63, 3.8) is 0 Å². The molecule has 1 rings (SSSR count). The predicted octanol–water partition coefficient (Wildman–Crippen LogP) is -0.0101. The van der Waals surface area contributed by atoms with Crippen LogP contribution in [0.5, 0.6) is 0 Å². The molecule has 0 amide bonds. The summed E-state index contributed by atoms with van der Waals surface area (Å²) in [5.41, 5.74) is 0.440. The van der Waals surface area contributed by atoms with Gasteiger partial charge < -0.3 is 9.84 Å². The maximum absolute atomic E-state index is 10.8. The van der Waals surface area contributed by atoms with Crippen molar-refractivity contribution in [3.8, 4) is 0 Å². The molecule has 0 fully saturated rings. The molecule has 5 nitrogen and oxygen atoms in total. The Morgan fingerprint density at radius 3 is 3.09 bits per heavy atom.